The van der Waals surface area contributed by atoms with Crippen molar-refractivity contribution in [1.29, 1.82) is 5.41 Å². The Morgan fingerprint density at radius 3 is 2.33 bits per heavy atom. The minimum atomic E-state index is -0.0627. The van der Waals surface area contributed by atoms with E-state index in [0.717, 1.165) is 0 Å². The van der Waals surface area contributed by atoms with E-state index in [1.807, 2.05) is 0 Å². The van der Waals surface area contributed by atoms with Gasteiger partial charge in [-0.05, 0) is 12.1 Å². The summed E-state index contributed by atoms with van der Waals surface area (Å²) in [5, 5.41) is 6.99. The molecule has 68 valence electrons. The van der Waals surface area contributed by atoms with E-state index >= 15 is 0 Å². The van der Waals surface area contributed by atoms with Gasteiger partial charge in [-0.15, -0.1) is 24.8 Å². The molecule has 0 fully saturated rings. The minimum Gasteiger partial charge on any atom is -0.399 e. The van der Waals surface area contributed by atoms with E-state index in [9.17, 15) is 0 Å². The zero-order chi connectivity index (χ0) is 7.56. The SMILES string of the molecule is Cl.Cl.N=C(N)c1cc(N)ccn1. The summed E-state index contributed by atoms with van der Waals surface area (Å²) in [5.74, 6) is -0.0627. The predicted molar refractivity (Wildman–Crippen MR) is 54.2 cm³/mol. The summed E-state index contributed by atoms with van der Waals surface area (Å²) < 4.78 is 0. The normalized spacial score (nSPS) is 7.67. The number of anilines is 1. The molecular weight excluding hydrogens is 199 g/mol. The number of aromatic nitrogens is 1. The van der Waals surface area contributed by atoms with Crippen LogP contribution in [0.25, 0.3) is 0 Å². The molecule has 0 spiro atoms. The lowest BCUT2D eigenvalue weighted by molar-refractivity contribution is 1.26. The Labute approximate surface area is 82.7 Å². The first kappa shape index (κ1) is 13.6. The van der Waals surface area contributed by atoms with E-state index in [0.29, 0.717) is 11.4 Å². The largest absolute Gasteiger partial charge is 0.399 e. The maximum Gasteiger partial charge on any atom is 0.141 e. The van der Waals surface area contributed by atoms with E-state index in [-0.39, 0.29) is 30.6 Å². The number of nitrogen functional groups attached to an aromatic ring is 2. The number of rotatable bonds is 1. The molecule has 1 aromatic rings. The van der Waals surface area contributed by atoms with Gasteiger partial charge in [0.1, 0.15) is 11.5 Å². The highest BCUT2D eigenvalue weighted by molar-refractivity contribution is 5.93. The minimum absolute atomic E-state index is 0. The highest BCUT2D eigenvalue weighted by Crippen LogP contribution is 2.00. The standard InChI is InChI=1S/C6H8N4.2ClH/c7-4-1-2-10-5(3-4)6(8)9;;/h1-3H,(H2,7,10)(H3,8,9);2*1H. The summed E-state index contributed by atoms with van der Waals surface area (Å²) in [7, 11) is 0. The fourth-order valence-electron chi connectivity index (χ4n) is 0.594. The lowest BCUT2D eigenvalue weighted by atomic mass is 10.3. The molecule has 0 bridgehead atoms. The van der Waals surface area contributed by atoms with Gasteiger partial charge in [-0.25, -0.2) is 0 Å². The van der Waals surface area contributed by atoms with Gasteiger partial charge in [-0.1, -0.05) is 0 Å². The van der Waals surface area contributed by atoms with Crippen LogP contribution in [0, 0.1) is 5.41 Å². The van der Waals surface area contributed by atoms with Gasteiger partial charge in [0.15, 0.2) is 0 Å². The summed E-state index contributed by atoms with van der Waals surface area (Å²) in [6, 6.07) is 3.20. The maximum atomic E-state index is 6.99. The number of pyridine rings is 1. The molecule has 1 rings (SSSR count). The number of nitrogens with zero attached hydrogens (tertiary/aromatic N) is 1. The van der Waals surface area contributed by atoms with Crippen LogP contribution in [-0.4, -0.2) is 10.8 Å². The molecule has 0 aliphatic rings. The molecule has 6 heteroatoms. The van der Waals surface area contributed by atoms with Crippen molar-refractivity contribution in [3.8, 4) is 0 Å². The lowest BCUT2D eigenvalue weighted by Gasteiger charge is -1.96. The Balaban J connectivity index is 0. The smallest absolute Gasteiger partial charge is 0.141 e. The fourth-order valence-corrected chi connectivity index (χ4v) is 0.594. The number of hydrogen-bond acceptors (Lipinski definition) is 3. The van der Waals surface area contributed by atoms with E-state index in [1.54, 1.807) is 12.1 Å². The molecule has 0 amide bonds. The first-order valence-electron chi connectivity index (χ1n) is 2.76. The van der Waals surface area contributed by atoms with Crippen molar-refractivity contribution in [3.63, 3.8) is 0 Å². The molecular formula is C6H10Cl2N4. The third-order valence-corrected chi connectivity index (χ3v) is 1.06. The van der Waals surface area contributed by atoms with Crippen LogP contribution < -0.4 is 11.5 Å². The third-order valence-electron chi connectivity index (χ3n) is 1.06. The van der Waals surface area contributed by atoms with Crippen LogP contribution in [0.4, 0.5) is 5.69 Å². The summed E-state index contributed by atoms with van der Waals surface area (Å²) in [6.07, 6.45) is 1.52. The number of halogens is 2. The number of nitrogens with two attached hydrogens (primary N) is 2. The highest BCUT2D eigenvalue weighted by atomic mass is 35.5. The Morgan fingerprint density at radius 1 is 1.42 bits per heavy atom. The second kappa shape index (κ2) is 5.62. The van der Waals surface area contributed by atoms with E-state index < -0.39 is 0 Å². The average molecular weight is 209 g/mol. The van der Waals surface area contributed by atoms with Gasteiger partial charge in [-0.3, -0.25) is 10.4 Å². The number of amidine groups is 1. The first-order valence-corrected chi connectivity index (χ1v) is 2.76. The van der Waals surface area contributed by atoms with Crippen LogP contribution in [-0.2, 0) is 0 Å². The molecule has 12 heavy (non-hydrogen) atoms. The zero-order valence-electron chi connectivity index (χ0n) is 6.15. The van der Waals surface area contributed by atoms with Crippen molar-refractivity contribution < 1.29 is 0 Å². The number of hydrogen-bond donors (Lipinski definition) is 3. The van der Waals surface area contributed by atoms with Crippen LogP contribution in [0.2, 0.25) is 0 Å². The molecule has 0 atom stereocenters. The van der Waals surface area contributed by atoms with Crippen molar-refractivity contribution in [2.45, 2.75) is 0 Å². The van der Waals surface area contributed by atoms with Gasteiger partial charge >= 0.3 is 0 Å². The van der Waals surface area contributed by atoms with E-state index in [1.165, 1.54) is 6.20 Å². The van der Waals surface area contributed by atoms with Crippen LogP contribution in [0.5, 0.6) is 0 Å². The maximum absolute atomic E-state index is 6.99. The molecule has 5 N–H and O–H groups in total. The molecule has 4 nitrogen and oxygen atoms in total. The van der Waals surface area contributed by atoms with E-state index in [2.05, 4.69) is 4.98 Å². The summed E-state index contributed by atoms with van der Waals surface area (Å²) in [6.45, 7) is 0. The van der Waals surface area contributed by atoms with Gasteiger partial charge < -0.3 is 11.5 Å². The van der Waals surface area contributed by atoms with Gasteiger partial charge in [0, 0.05) is 11.9 Å². The van der Waals surface area contributed by atoms with Crippen LogP contribution in [0.1, 0.15) is 5.69 Å². The molecule has 0 aliphatic heterocycles. The Kier molecular flexibility index (Phi) is 6.37. The van der Waals surface area contributed by atoms with Crippen LogP contribution >= 0.6 is 24.8 Å². The molecule has 0 aliphatic carbocycles. The van der Waals surface area contributed by atoms with Gasteiger partial charge in [0.25, 0.3) is 0 Å². The van der Waals surface area contributed by atoms with Crippen LogP contribution in [0.3, 0.4) is 0 Å². The first-order chi connectivity index (χ1) is 4.70. The molecule has 1 aromatic heterocycles. The lowest BCUT2D eigenvalue weighted by Crippen LogP contribution is -2.13. The summed E-state index contributed by atoms with van der Waals surface area (Å²) in [5.41, 5.74) is 11.5. The fraction of sp³-hybridized carbons (Fsp3) is 0. The zero-order valence-corrected chi connectivity index (χ0v) is 7.78. The van der Waals surface area contributed by atoms with Crippen molar-refractivity contribution in [2.75, 3.05) is 5.73 Å². The van der Waals surface area contributed by atoms with Crippen molar-refractivity contribution >= 4 is 36.3 Å². The average Bonchev–Trinajstić information content (AvgIpc) is 1.88. The molecule has 1 heterocycles. The molecule has 0 unspecified atom stereocenters. The van der Waals surface area contributed by atoms with E-state index in [4.69, 9.17) is 16.9 Å². The molecule has 0 aromatic carbocycles. The number of nitrogens with one attached hydrogen (secondary N) is 1. The molecule has 0 radical (unpaired) electrons. The Morgan fingerprint density at radius 2 is 2.00 bits per heavy atom. The second-order valence-corrected chi connectivity index (χ2v) is 1.89. The van der Waals surface area contributed by atoms with Gasteiger partial charge in [0.05, 0.1) is 0 Å². The summed E-state index contributed by atoms with van der Waals surface area (Å²) >= 11 is 0. The van der Waals surface area contributed by atoms with Gasteiger partial charge in [0.2, 0.25) is 0 Å². The highest BCUT2D eigenvalue weighted by Gasteiger charge is 1.95. The van der Waals surface area contributed by atoms with Crippen molar-refractivity contribution in [1.82, 2.24) is 4.98 Å². The van der Waals surface area contributed by atoms with Crippen LogP contribution in [0.15, 0.2) is 18.3 Å². The van der Waals surface area contributed by atoms with Gasteiger partial charge in [-0.2, -0.15) is 0 Å². The molecule has 0 saturated carbocycles. The molecule has 0 saturated heterocycles. The predicted octanol–water partition coefficient (Wildman–Crippen LogP) is 0.791. The van der Waals surface area contributed by atoms with Crippen molar-refractivity contribution in [2.24, 2.45) is 5.73 Å². The third kappa shape index (κ3) is 3.41. The van der Waals surface area contributed by atoms with Crippen molar-refractivity contribution in [3.05, 3.63) is 24.0 Å². The second-order valence-electron chi connectivity index (χ2n) is 1.89. The quantitative estimate of drug-likeness (QED) is 0.471. The summed E-state index contributed by atoms with van der Waals surface area (Å²) in [4.78, 5) is 3.81. The topological polar surface area (TPSA) is 88.8 Å². The monoisotopic (exact) mass is 208 g/mol. The Hall–Kier alpha value is -1.00. The Bertz CT molecular complexity index is 263.